The van der Waals surface area contributed by atoms with Gasteiger partial charge in [-0.25, -0.2) is 4.98 Å². The number of imidazole rings is 1. The van der Waals surface area contributed by atoms with Crippen LogP contribution in [0.4, 0.5) is 0 Å². The lowest BCUT2D eigenvalue weighted by Gasteiger charge is -2.33. The third kappa shape index (κ3) is 5.09. The van der Waals surface area contributed by atoms with Gasteiger partial charge in [-0.15, -0.1) is 0 Å². The standard InChI is InChI=1S/C21H35N3O2/c1-17-15-22-20(24(17)12-13-26-2)14-19-8-5-11-23(16-19)21(25)10-9-18-6-3-4-7-18/h15,18-19H,3-14,16H2,1-2H3. The van der Waals surface area contributed by atoms with Crippen LogP contribution in [0.1, 0.15) is 62.9 Å². The molecule has 0 bridgehead atoms. The first-order valence-corrected chi connectivity index (χ1v) is 10.4. The first-order chi connectivity index (χ1) is 12.7. The predicted octanol–water partition coefficient (Wildman–Crippen LogP) is 3.59. The van der Waals surface area contributed by atoms with Crippen molar-refractivity contribution in [2.24, 2.45) is 11.8 Å². The van der Waals surface area contributed by atoms with Gasteiger partial charge in [0.1, 0.15) is 5.82 Å². The molecule has 1 aliphatic heterocycles. The molecule has 1 aromatic heterocycles. The van der Waals surface area contributed by atoms with Crippen molar-refractivity contribution in [3.63, 3.8) is 0 Å². The van der Waals surface area contributed by atoms with E-state index in [9.17, 15) is 4.79 Å². The zero-order valence-corrected chi connectivity index (χ0v) is 16.6. The Kier molecular flexibility index (Phi) is 7.12. The summed E-state index contributed by atoms with van der Waals surface area (Å²) in [5, 5.41) is 0. The molecule has 3 rings (SSSR count). The normalized spacial score (nSPS) is 21.5. The molecule has 0 spiro atoms. The molecule has 146 valence electrons. The highest BCUT2D eigenvalue weighted by Crippen LogP contribution is 2.29. The number of piperidine rings is 1. The third-order valence-corrected chi connectivity index (χ3v) is 6.24. The van der Waals surface area contributed by atoms with E-state index in [0.29, 0.717) is 18.4 Å². The molecule has 1 aromatic rings. The van der Waals surface area contributed by atoms with Crippen LogP contribution in [0.2, 0.25) is 0 Å². The van der Waals surface area contributed by atoms with E-state index in [4.69, 9.17) is 4.74 Å². The number of aromatic nitrogens is 2. The minimum atomic E-state index is 0.375. The van der Waals surface area contributed by atoms with Crippen LogP contribution in [0.5, 0.6) is 0 Å². The average molecular weight is 362 g/mol. The van der Waals surface area contributed by atoms with Gasteiger partial charge in [-0.3, -0.25) is 4.79 Å². The SMILES string of the molecule is COCCn1c(C)cnc1CC1CCCN(C(=O)CCC2CCCC2)C1. The molecule has 26 heavy (non-hydrogen) atoms. The molecule has 1 amide bonds. The first kappa shape index (κ1) is 19.4. The summed E-state index contributed by atoms with van der Waals surface area (Å²) in [6, 6.07) is 0. The van der Waals surface area contributed by atoms with Crippen LogP contribution < -0.4 is 0 Å². The number of hydrogen-bond acceptors (Lipinski definition) is 3. The Labute approximate surface area is 158 Å². The van der Waals surface area contributed by atoms with Gasteiger partial charge in [0.05, 0.1) is 6.61 Å². The monoisotopic (exact) mass is 361 g/mol. The highest BCUT2D eigenvalue weighted by molar-refractivity contribution is 5.76. The number of rotatable bonds is 8. The summed E-state index contributed by atoms with van der Waals surface area (Å²) in [4.78, 5) is 19.4. The van der Waals surface area contributed by atoms with E-state index in [2.05, 4.69) is 21.4 Å². The van der Waals surface area contributed by atoms with Crippen molar-refractivity contribution in [2.75, 3.05) is 26.8 Å². The van der Waals surface area contributed by atoms with Gasteiger partial charge in [-0.1, -0.05) is 25.7 Å². The van der Waals surface area contributed by atoms with Crippen LogP contribution in [0.25, 0.3) is 0 Å². The van der Waals surface area contributed by atoms with Crippen molar-refractivity contribution >= 4 is 5.91 Å². The van der Waals surface area contributed by atoms with E-state index in [0.717, 1.165) is 57.1 Å². The van der Waals surface area contributed by atoms with Gasteiger partial charge in [0, 0.05) is 51.5 Å². The number of likely N-dealkylation sites (tertiary alicyclic amines) is 1. The minimum Gasteiger partial charge on any atom is -0.383 e. The number of nitrogens with zero attached hydrogens (tertiary/aromatic N) is 3. The third-order valence-electron chi connectivity index (χ3n) is 6.24. The Morgan fingerprint density at radius 2 is 2.00 bits per heavy atom. The molecule has 5 heteroatoms. The van der Waals surface area contributed by atoms with Crippen molar-refractivity contribution < 1.29 is 9.53 Å². The van der Waals surface area contributed by atoms with Gasteiger partial charge >= 0.3 is 0 Å². The Balaban J connectivity index is 1.51. The number of hydrogen-bond donors (Lipinski definition) is 0. The Morgan fingerprint density at radius 1 is 1.23 bits per heavy atom. The topological polar surface area (TPSA) is 47.4 Å². The molecule has 1 atom stereocenters. The fourth-order valence-corrected chi connectivity index (χ4v) is 4.66. The number of ether oxygens (including phenoxy) is 1. The summed E-state index contributed by atoms with van der Waals surface area (Å²) >= 11 is 0. The van der Waals surface area contributed by atoms with E-state index in [1.807, 2.05) is 6.20 Å². The molecule has 1 saturated heterocycles. The fourth-order valence-electron chi connectivity index (χ4n) is 4.66. The van der Waals surface area contributed by atoms with Gasteiger partial charge in [0.15, 0.2) is 0 Å². The lowest BCUT2D eigenvalue weighted by Crippen LogP contribution is -2.40. The zero-order valence-electron chi connectivity index (χ0n) is 16.6. The molecule has 0 radical (unpaired) electrons. The Morgan fingerprint density at radius 3 is 2.77 bits per heavy atom. The number of carbonyl (C=O) groups excluding carboxylic acids is 1. The molecule has 0 N–H and O–H groups in total. The molecule has 2 fully saturated rings. The van der Waals surface area contributed by atoms with Crippen molar-refractivity contribution in [1.29, 1.82) is 0 Å². The molecule has 1 aliphatic carbocycles. The van der Waals surface area contributed by atoms with Gasteiger partial charge < -0.3 is 14.2 Å². The number of carbonyl (C=O) groups is 1. The average Bonchev–Trinajstić information content (AvgIpc) is 3.29. The summed E-state index contributed by atoms with van der Waals surface area (Å²) in [6.45, 7) is 5.51. The summed E-state index contributed by atoms with van der Waals surface area (Å²) in [7, 11) is 1.74. The Bertz CT molecular complexity index is 578. The van der Waals surface area contributed by atoms with E-state index in [1.54, 1.807) is 7.11 Å². The maximum atomic E-state index is 12.7. The van der Waals surface area contributed by atoms with E-state index in [1.165, 1.54) is 37.8 Å². The van der Waals surface area contributed by atoms with Crippen LogP contribution >= 0.6 is 0 Å². The quantitative estimate of drug-likeness (QED) is 0.711. The summed E-state index contributed by atoms with van der Waals surface area (Å²) in [6.07, 6.45) is 12.5. The second kappa shape index (κ2) is 9.54. The second-order valence-corrected chi connectivity index (χ2v) is 8.20. The smallest absolute Gasteiger partial charge is 0.222 e. The van der Waals surface area contributed by atoms with Crippen molar-refractivity contribution in [3.05, 3.63) is 17.7 Å². The first-order valence-electron chi connectivity index (χ1n) is 10.4. The number of aryl methyl sites for hydroxylation is 1. The van der Waals surface area contributed by atoms with Gasteiger partial charge in [0.25, 0.3) is 0 Å². The van der Waals surface area contributed by atoms with Crippen LogP contribution in [0, 0.1) is 18.8 Å². The zero-order chi connectivity index (χ0) is 18.4. The summed E-state index contributed by atoms with van der Waals surface area (Å²) in [5.74, 6) is 2.85. The van der Waals surface area contributed by atoms with Gasteiger partial charge in [0.2, 0.25) is 5.91 Å². The predicted molar refractivity (Wildman–Crippen MR) is 103 cm³/mol. The second-order valence-electron chi connectivity index (χ2n) is 8.20. The van der Waals surface area contributed by atoms with Crippen molar-refractivity contribution in [2.45, 2.75) is 71.3 Å². The summed E-state index contributed by atoms with van der Waals surface area (Å²) in [5.41, 5.74) is 1.19. The van der Waals surface area contributed by atoms with E-state index < -0.39 is 0 Å². The number of amides is 1. The van der Waals surface area contributed by atoms with Gasteiger partial charge in [-0.05, 0) is 38.0 Å². The fraction of sp³-hybridized carbons (Fsp3) is 0.810. The molecule has 1 saturated carbocycles. The minimum absolute atomic E-state index is 0.375. The maximum absolute atomic E-state index is 12.7. The van der Waals surface area contributed by atoms with Crippen LogP contribution in [-0.4, -0.2) is 47.2 Å². The maximum Gasteiger partial charge on any atom is 0.222 e. The van der Waals surface area contributed by atoms with E-state index >= 15 is 0 Å². The van der Waals surface area contributed by atoms with Crippen molar-refractivity contribution in [3.8, 4) is 0 Å². The molecule has 5 nitrogen and oxygen atoms in total. The lowest BCUT2D eigenvalue weighted by atomic mass is 9.93. The number of methoxy groups -OCH3 is 1. The largest absolute Gasteiger partial charge is 0.383 e. The molecular formula is C21H35N3O2. The van der Waals surface area contributed by atoms with E-state index in [-0.39, 0.29) is 0 Å². The summed E-state index contributed by atoms with van der Waals surface area (Å²) < 4.78 is 7.50. The highest BCUT2D eigenvalue weighted by Gasteiger charge is 2.26. The molecule has 2 aliphatic rings. The molecular weight excluding hydrogens is 326 g/mol. The van der Waals surface area contributed by atoms with Crippen LogP contribution in [-0.2, 0) is 22.5 Å². The van der Waals surface area contributed by atoms with Gasteiger partial charge in [-0.2, -0.15) is 0 Å². The highest BCUT2D eigenvalue weighted by atomic mass is 16.5. The van der Waals surface area contributed by atoms with Crippen LogP contribution in [0.15, 0.2) is 6.20 Å². The lowest BCUT2D eigenvalue weighted by molar-refractivity contribution is -0.133. The van der Waals surface area contributed by atoms with Crippen molar-refractivity contribution in [1.82, 2.24) is 14.5 Å². The van der Waals surface area contributed by atoms with Crippen LogP contribution in [0.3, 0.4) is 0 Å². The molecule has 2 heterocycles. The Hall–Kier alpha value is -1.36. The molecule has 1 unspecified atom stereocenters. The molecule has 0 aromatic carbocycles.